The lowest BCUT2D eigenvalue weighted by atomic mass is 10.3. The van der Waals surface area contributed by atoms with Crippen molar-refractivity contribution in [3.8, 4) is 0 Å². The summed E-state index contributed by atoms with van der Waals surface area (Å²) >= 11 is 0. The normalized spacial score (nSPS) is 11.4. The number of aliphatic hydroxyl groups excluding tert-OH is 1. The Morgan fingerprint density at radius 3 is 2.52 bits per heavy atom. The van der Waals surface area contributed by atoms with E-state index in [1.165, 1.54) is 6.07 Å². The molecule has 1 aromatic heterocycles. The number of amides is 1. The van der Waals surface area contributed by atoms with Crippen LogP contribution < -0.4 is 0 Å². The molecule has 0 aliphatic carbocycles. The summed E-state index contributed by atoms with van der Waals surface area (Å²) in [6, 6.07) is 3.15. The third-order valence-electron chi connectivity index (χ3n) is 3.16. The summed E-state index contributed by atoms with van der Waals surface area (Å²) in [4.78, 5) is 15.1. The van der Waals surface area contributed by atoms with Crippen molar-refractivity contribution in [1.29, 1.82) is 0 Å². The summed E-state index contributed by atoms with van der Waals surface area (Å²) in [5, 5.41) is 8.86. The second-order valence-corrected chi connectivity index (χ2v) is 4.59. The average molecular weight is 304 g/mol. The molecule has 1 N–H and O–H groups in total. The van der Waals surface area contributed by atoms with Gasteiger partial charge in [0, 0.05) is 6.54 Å². The molecule has 1 amide bonds. The maximum absolute atomic E-state index is 12.4. The zero-order valence-electron chi connectivity index (χ0n) is 12.4. The molecule has 0 unspecified atom stereocenters. The molecule has 5 nitrogen and oxygen atoms in total. The van der Waals surface area contributed by atoms with Gasteiger partial charge in [-0.2, -0.15) is 0 Å². The number of hydrogen-bond donors (Lipinski definition) is 1. The van der Waals surface area contributed by atoms with Crippen LogP contribution in [-0.2, 0) is 6.54 Å². The van der Waals surface area contributed by atoms with Crippen LogP contribution in [0.5, 0.6) is 0 Å². The molecule has 0 aliphatic heterocycles. The highest BCUT2D eigenvalue weighted by Crippen LogP contribution is 2.14. The number of carbonyl (C=O) groups is 1. The number of hydrogen-bond acceptors (Lipinski definition) is 4. The molecule has 0 bridgehead atoms. The highest BCUT2D eigenvalue weighted by Gasteiger charge is 2.22. The van der Waals surface area contributed by atoms with Gasteiger partial charge in [-0.15, -0.1) is 0 Å². The number of carbonyl (C=O) groups excluding carboxylic acids is 1. The fourth-order valence-corrected chi connectivity index (χ4v) is 1.96. The van der Waals surface area contributed by atoms with E-state index in [-0.39, 0.29) is 18.9 Å². The van der Waals surface area contributed by atoms with Crippen LogP contribution in [0, 0.1) is 0 Å². The van der Waals surface area contributed by atoms with Gasteiger partial charge in [-0.05, 0) is 25.2 Å². The fourth-order valence-electron chi connectivity index (χ4n) is 1.96. The Balaban J connectivity index is 2.75. The number of furan rings is 1. The minimum absolute atomic E-state index is 0.0197. The fraction of sp³-hybridized carbons (Fsp3) is 0.643. The molecule has 0 fully saturated rings. The van der Waals surface area contributed by atoms with Crippen LogP contribution in [0.25, 0.3) is 0 Å². The van der Waals surface area contributed by atoms with E-state index in [0.717, 1.165) is 18.0 Å². The third kappa shape index (κ3) is 5.43. The molecule has 7 heteroatoms. The molecule has 0 spiro atoms. The third-order valence-corrected chi connectivity index (χ3v) is 3.16. The largest absolute Gasteiger partial charge is 0.455 e. The van der Waals surface area contributed by atoms with Crippen molar-refractivity contribution in [1.82, 2.24) is 9.80 Å². The average Bonchev–Trinajstić information content (AvgIpc) is 2.91. The SMILES string of the molecule is CCN(CC)Cc1ccc(C(=O)N(CCO)CC(F)F)o1. The first kappa shape index (κ1) is 17.6. The van der Waals surface area contributed by atoms with Crippen LogP contribution >= 0.6 is 0 Å². The monoisotopic (exact) mass is 304 g/mol. The zero-order chi connectivity index (χ0) is 15.8. The van der Waals surface area contributed by atoms with Gasteiger partial charge in [0.1, 0.15) is 5.76 Å². The van der Waals surface area contributed by atoms with E-state index in [4.69, 9.17) is 9.52 Å². The highest BCUT2D eigenvalue weighted by atomic mass is 19.3. The summed E-state index contributed by atoms with van der Waals surface area (Å²) < 4.78 is 30.3. The number of rotatable bonds is 9. The second-order valence-electron chi connectivity index (χ2n) is 4.59. The number of aliphatic hydroxyl groups is 1. The predicted molar refractivity (Wildman–Crippen MR) is 74.3 cm³/mol. The van der Waals surface area contributed by atoms with Crippen LogP contribution in [-0.4, -0.2) is 60.0 Å². The van der Waals surface area contributed by atoms with Crippen molar-refractivity contribution < 1.29 is 23.1 Å². The van der Waals surface area contributed by atoms with E-state index in [9.17, 15) is 13.6 Å². The molecule has 0 saturated carbocycles. The molecule has 21 heavy (non-hydrogen) atoms. The molecule has 0 aromatic carbocycles. The molecule has 0 atom stereocenters. The maximum atomic E-state index is 12.4. The van der Waals surface area contributed by atoms with Crippen LogP contribution in [0.4, 0.5) is 8.78 Å². The van der Waals surface area contributed by atoms with Crippen molar-refractivity contribution in [2.24, 2.45) is 0 Å². The van der Waals surface area contributed by atoms with Crippen LogP contribution in [0.1, 0.15) is 30.2 Å². The number of nitrogens with zero attached hydrogens (tertiary/aromatic N) is 2. The quantitative estimate of drug-likeness (QED) is 0.756. The van der Waals surface area contributed by atoms with Gasteiger partial charge in [-0.1, -0.05) is 13.8 Å². The lowest BCUT2D eigenvalue weighted by Crippen LogP contribution is -2.37. The molecular weight excluding hydrogens is 282 g/mol. The molecule has 1 rings (SSSR count). The Kier molecular flexibility index (Phi) is 7.31. The van der Waals surface area contributed by atoms with E-state index < -0.39 is 18.9 Å². The molecule has 1 aromatic rings. The van der Waals surface area contributed by atoms with Crippen LogP contribution in [0.3, 0.4) is 0 Å². The van der Waals surface area contributed by atoms with E-state index in [0.29, 0.717) is 12.3 Å². The van der Waals surface area contributed by atoms with Crippen molar-refractivity contribution >= 4 is 5.91 Å². The van der Waals surface area contributed by atoms with E-state index in [1.807, 2.05) is 13.8 Å². The van der Waals surface area contributed by atoms with Gasteiger partial charge in [-0.3, -0.25) is 9.69 Å². The highest BCUT2D eigenvalue weighted by molar-refractivity contribution is 5.91. The zero-order valence-corrected chi connectivity index (χ0v) is 12.4. The first-order valence-electron chi connectivity index (χ1n) is 7.01. The molecule has 0 radical (unpaired) electrons. The van der Waals surface area contributed by atoms with Crippen molar-refractivity contribution in [3.63, 3.8) is 0 Å². The van der Waals surface area contributed by atoms with Crippen LogP contribution in [0.2, 0.25) is 0 Å². The van der Waals surface area contributed by atoms with Gasteiger partial charge in [0.15, 0.2) is 5.76 Å². The first-order chi connectivity index (χ1) is 10.0. The lowest BCUT2D eigenvalue weighted by Gasteiger charge is -2.20. The van der Waals surface area contributed by atoms with Gasteiger partial charge in [-0.25, -0.2) is 8.78 Å². The minimum Gasteiger partial charge on any atom is -0.455 e. The molecule has 0 aliphatic rings. The predicted octanol–water partition coefficient (Wildman–Crippen LogP) is 1.82. The summed E-state index contributed by atoms with van der Waals surface area (Å²) in [6.45, 7) is 5.07. The molecule has 0 saturated heterocycles. The standard InChI is InChI=1S/C14H22F2N2O3/c1-3-17(4-2)9-11-5-6-12(21-11)14(20)18(7-8-19)10-13(15)16/h5-6,13,19H,3-4,7-10H2,1-2H3. The van der Waals surface area contributed by atoms with E-state index in [2.05, 4.69) is 4.90 Å². The number of alkyl halides is 2. The van der Waals surface area contributed by atoms with Gasteiger partial charge >= 0.3 is 0 Å². The summed E-state index contributed by atoms with van der Waals surface area (Å²) in [5.41, 5.74) is 0. The Labute approximate surface area is 123 Å². The van der Waals surface area contributed by atoms with Gasteiger partial charge in [0.05, 0.1) is 19.7 Å². The topological polar surface area (TPSA) is 56.9 Å². The smallest absolute Gasteiger partial charge is 0.289 e. The summed E-state index contributed by atoms with van der Waals surface area (Å²) in [6.07, 6.45) is -2.65. The Bertz CT molecular complexity index is 434. The van der Waals surface area contributed by atoms with Crippen molar-refractivity contribution in [3.05, 3.63) is 23.7 Å². The summed E-state index contributed by atoms with van der Waals surface area (Å²) in [7, 11) is 0. The Morgan fingerprint density at radius 1 is 1.33 bits per heavy atom. The summed E-state index contributed by atoms with van der Waals surface area (Å²) in [5.74, 6) is 0.00412. The van der Waals surface area contributed by atoms with Crippen LogP contribution in [0.15, 0.2) is 16.5 Å². The Morgan fingerprint density at radius 2 is 2.00 bits per heavy atom. The number of halogens is 2. The van der Waals surface area contributed by atoms with Crippen molar-refractivity contribution in [2.45, 2.75) is 26.8 Å². The molecular formula is C14H22F2N2O3. The van der Waals surface area contributed by atoms with E-state index in [1.54, 1.807) is 6.07 Å². The van der Waals surface area contributed by atoms with Gasteiger partial charge in [0.25, 0.3) is 12.3 Å². The van der Waals surface area contributed by atoms with E-state index >= 15 is 0 Å². The minimum atomic E-state index is -2.65. The van der Waals surface area contributed by atoms with Crippen molar-refractivity contribution in [2.75, 3.05) is 32.8 Å². The molecule has 1 heterocycles. The second kappa shape index (κ2) is 8.74. The van der Waals surface area contributed by atoms with Gasteiger partial charge < -0.3 is 14.4 Å². The first-order valence-corrected chi connectivity index (χ1v) is 7.01. The molecule has 120 valence electrons. The lowest BCUT2D eigenvalue weighted by molar-refractivity contribution is 0.0481. The Hall–Kier alpha value is -1.47. The maximum Gasteiger partial charge on any atom is 0.289 e. The van der Waals surface area contributed by atoms with Gasteiger partial charge in [0.2, 0.25) is 0 Å².